The van der Waals surface area contributed by atoms with Gasteiger partial charge < -0.3 is 15.7 Å². The van der Waals surface area contributed by atoms with Gasteiger partial charge in [-0.05, 0) is 59.5 Å². The lowest BCUT2D eigenvalue weighted by Gasteiger charge is -2.15. The van der Waals surface area contributed by atoms with Crippen molar-refractivity contribution in [1.82, 2.24) is 15.0 Å². The van der Waals surface area contributed by atoms with Crippen LogP contribution < -0.4 is 10.6 Å². The Balaban J connectivity index is 1.73. The molecule has 0 aliphatic rings. The van der Waals surface area contributed by atoms with E-state index in [0.717, 1.165) is 30.3 Å². The molecule has 0 bridgehead atoms. The van der Waals surface area contributed by atoms with Crippen molar-refractivity contribution in [2.24, 2.45) is 10.2 Å². The molecule has 238 valence electrons. The van der Waals surface area contributed by atoms with Gasteiger partial charge in [0.05, 0.1) is 10.6 Å². The maximum absolute atomic E-state index is 12.3. The number of phenolic OH excluding ortho intramolecular Hbond substituents is 1. The molecule has 4 aromatic carbocycles. The molecule has 0 unspecified atom stereocenters. The molecule has 46 heavy (non-hydrogen) atoms. The fourth-order valence-electron chi connectivity index (χ4n) is 4.10. The molecule has 17 nitrogen and oxygen atoms in total. The second-order valence-electron chi connectivity index (χ2n) is 9.10. The Hall–Kier alpha value is -4.83. The molecule has 21 heteroatoms. The van der Waals surface area contributed by atoms with Crippen LogP contribution in [0.15, 0.2) is 97.7 Å². The molecule has 6 N–H and O–H groups in total. The zero-order chi connectivity index (χ0) is 33.4. The van der Waals surface area contributed by atoms with Crippen molar-refractivity contribution in [3.8, 4) is 5.75 Å². The van der Waals surface area contributed by atoms with Crippen LogP contribution in [-0.2, 0) is 30.4 Å². The van der Waals surface area contributed by atoms with E-state index in [-0.39, 0.29) is 33.6 Å². The monoisotopic (exact) mass is 707 g/mol. The molecule has 0 amide bonds. The molecule has 0 fully saturated rings. The van der Waals surface area contributed by atoms with E-state index in [9.17, 15) is 44.0 Å². The van der Waals surface area contributed by atoms with E-state index in [1.165, 1.54) is 12.1 Å². The van der Waals surface area contributed by atoms with Crippen LogP contribution in [0.5, 0.6) is 5.75 Å². The smallest absolute Gasteiger partial charge is 0.296 e. The van der Waals surface area contributed by atoms with Crippen molar-refractivity contribution in [2.45, 2.75) is 14.7 Å². The van der Waals surface area contributed by atoms with Crippen molar-refractivity contribution in [2.75, 3.05) is 10.6 Å². The summed E-state index contributed by atoms with van der Waals surface area (Å²) < 4.78 is 102. The van der Waals surface area contributed by atoms with Crippen molar-refractivity contribution < 1.29 is 44.0 Å². The molecule has 0 saturated carbocycles. The van der Waals surface area contributed by atoms with Crippen LogP contribution >= 0.6 is 11.6 Å². The minimum atomic E-state index is -5.22. The van der Waals surface area contributed by atoms with Crippen LogP contribution in [0.1, 0.15) is 0 Å². The van der Waals surface area contributed by atoms with E-state index in [4.69, 9.17) is 11.6 Å². The summed E-state index contributed by atoms with van der Waals surface area (Å²) in [5.74, 6) is -1.38. The quantitative estimate of drug-likeness (QED) is 0.0866. The molecular formula is C25H18ClN7O10S3. The molecule has 1 aromatic heterocycles. The number of para-hydroxylation sites is 1. The Kier molecular flexibility index (Phi) is 8.61. The SMILES string of the molecule is O=S(=O)(O)c1cc(Nc2nc(Cl)nc(Nc3ccccc3)n2)c2c(O)c(N=Nc3ccccc3S(=O)(=O)O)c(S(=O)(=O)O)cc2c1. The van der Waals surface area contributed by atoms with Crippen LogP contribution in [0, 0.1) is 0 Å². The van der Waals surface area contributed by atoms with Gasteiger partial charge >= 0.3 is 0 Å². The summed E-state index contributed by atoms with van der Waals surface area (Å²) in [6, 6.07) is 15.7. The fraction of sp³-hybridized carbons (Fsp3) is 0. The molecule has 0 aliphatic carbocycles. The predicted molar refractivity (Wildman–Crippen MR) is 164 cm³/mol. The van der Waals surface area contributed by atoms with Crippen LogP contribution in [0.2, 0.25) is 5.28 Å². The number of nitrogens with one attached hydrogen (secondary N) is 2. The number of phenols is 1. The Bertz CT molecular complexity index is 2380. The standard InChI is InChI=1S/C25H18ClN7O10S3/c26-23-29-24(27-14-6-2-1-3-7-14)31-25(30-23)28-17-12-15(44(35,36)37)10-13-11-19(46(41,42)43)21(22(34)20(13)17)33-32-16-8-4-5-9-18(16)45(38,39)40/h1-12,34H,(H,35,36,37)(H,38,39,40)(H,41,42,43)(H2,27,28,29,30,31). The van der Waals surface area contributed by atoms with Gasteiger partial charge in [0.1, 0.15) is 21.2 Å². The largest absolute Gasteiger partial charge is 0.505 e. The van der Waals surface area contributed by atoms with Crippen LogP contribution in [0.3, 0.4) is 0 Å². The van der Waals surface area contributed by atoms with Crippen molar-refractivity contribution >= 4 is 87.4 Å². The Morgan fingerprint density at radius 3 is 1.91 bits per heavy atom. The first-order valence-corrected chi connectivity index (χ1v) is 17.0. The topological polar surface area (TPSA) is 271 Å². The summed E-state index contributed by atoms with van der Waals surface area (Å²) >= 11 is 6.07. The molecule has 0 aliphatic heterocycles. The van der Waals surface area contributed by atoms with Crippen molar-refractivity contribution in [3.63, 3.8) is 0 Å². The van der Waals surface area contributed by atoms with Gasteiger partial charge in [-0.2, -0.15) is 40.2 Å². The zero-order valence-electron chi connectivity index (χ0n) is 22.5. The molecule has 5 rings (SSSR count). The Morgan fingerprint density at radius 1 is 0.674 bits per heavy atom. The average Bonchev–Trinajstić information content (AvgIpc) is 2.95. The number of aromatic nitrogens is 3. The average molecular weight is 708 g/mol. The lowest BCUT2D eigenvalue weighted by Crippen LogP contribution is -2.06. The number of benzene rings is 4. The second kappa shape index (κ2) is 12.2. The molecule has 0 atom stereocenters. The summed E-state index contributed by atoms with van der Waals surface area (Å²) in [4.78, 5) is 9.48. The minimum Gasteiger partial charge on any atom is -0.505 e. The van der Waals surface area contributed by atoms with E-state index in [1.807, 2.05) is 0 Å². The Labute approximate surface area is 264 Å². The number of anilines is 4. The predicted octanol–water partition coefficient (Wildman–Crippen LogP) is 5.03. The van der Waals surface area contributed by atoms with Gasteiger partial charge in [0.2, 0.25) is 17.2 Å². The van der Waals surface area contributed by atoms with E-state index in [2.05, 4.69) is 35.8 Å². The molecule has 0 saturated heterocycles. The first kappa shape index (κ1) is 32.6. The molecule has 1 heterocycles. The second-order valence-corrected chi connectivity index (χ2v) is 13.6. The number of nitrogens with zero attached hydrogens (tertiary/aromatic N) is 5. The van der Waals surface area contributed by atoms with E-state index in [0.29, 0.717) is 5.69 Å². The van der Waals surface area contributed by atoms with Gasteiger partial charge in [0.25, 0.3) is 30.4 Å². The fourth-order valence-corrected chi connectivity index (χ4v) is 6.08. The molecule has 0 radical (unpaired) electrons. The summed E-state index contributed by atoms with van der Waals surface area (Å²) in [6.45, 7) is 0. The van der Waals surface area contributed by atoms with E-state index in [1.54, 1.807) is 30.3 Å². The molecule has 5 aromatic rings. The summed E-state index contributed by atoms with van der Waals surface area (Å²) in [7, 11) is -15.0. The third-order valence-electron chi connectivity index (χ3n) is 5.98. The maximum atomic E-state index is 12.3. The van der Waals surface area contributed by atoms with Crippen LogP contribution in [0.25, 0.3) is 10.8 Å². The number of aromatic hydroxyl groups is 1. The highest BCUT2D eigenvalue weighted by molar-refractivity contribution is 7.86. The Morgan fingerprint density at radius 2 is 1.28 bits per heavy atom. The van der Waals surface area contributed by atoms with Gasteiger partial charge in [-0.25, -0.2) is 0 Å². The number of rotatable bonds is 9. The first-order valence-electron chi connectivity index (χ1n) is 12.3. The van der Waals surface area contributed by atoms with Gasteiger partial charge in [-0.1, -0.05) is 30.3 Å². The van der Waals surface area contributed by atoms with E-state index >= 15 is 0 Å². The highest BCUT2D eigenvalue weighted by Gasteiger charge is 2.26. The van der Waals surface area contributed by atoms with Crippen LogP contribution in [-0.4, -0.2) is 59.0 Å². The van der Waals surface area contributed by atoms with Crippen LogP contribution in [0.4, 0.5) is 34.6 Å². The van der Waals surface area contributed by atoms with Gasteiger partial charge in [0.15, 0.2) is 5.75 Å². The first-order chi connectivity index (χ1) is 21.5. The van der Waals surface area contributed by atoms with Gasteiger partial charge in [-0.3, -0.25) is 13.7 Å². The summed E-state index contributed by atoms with van der Waals surface area (Å²) in [5, 5.41) is 23.1. The van der Waals surface area contributed by atoms with Crippen molar-refractivity contribution in [3.05, 3.63) is 78.1 Å². The lowest BCUT2D eigenvalue weighted by atomic mass is 10.1. The number of hydrogen-bond acceptors (Lipinski definition) is 14. The number of hydrogen-bond donors (Lipinski definition) is 6. The zero-order valence-corrected chi connectivity index (χ0v) is 25.7. The third kappa shape index (κ3) is 7.18. The molecular weight excluding hydrogens is 690 g/mol. The van der Waals surface area contributed by atoms with Crippen molar-refractivity contribution in [1.29, 1.82) is 0 Å². The van der Waals surface area contributed by atoms with Gasteiger partial charge in [-0.15, -0.1) is 10.2 Å². The highest BCUT2D eigenvalue weighted by Crippen LogP contribution is 2.46. The normalized spacial score (nSPS) is 12.4. The summed E-state index contributed by atoms with van der Waals surface area (Å²) in [6.07, 6.45) is 0. The third-order valence-corrected chi connectivity index (χ3v) is 8.75. The number of azo groups is 1. The number of fused-ring (bicyclic) bond motifs is 1. The van der Waals surface area contributed by atoms with Gasteiger partial charge in [0, 0.05) is 11.1 Å². The lowest BCUT2D eigenvalue weighted by molar-refractivity contribution is 0.472. The summed E-state index contributed by atoms with van der Waals surface area (Å²) in [5.41, 5.74) is -1.16. The molecule has 0 spiro atoms. The minimum absolute atomic E-state index is 0.0613. The van der Waals surface area contributed by atoms with E-state index < -0.39 is 62.2 Å². The maximum Gasteiger partial charge on any atom is 0.296 e. The number of halogens is 1. The highest BCUT2D eigenvalue weighted by atomic mass is 35.5.